The number of aliphatic hydroxyl groups is 1. The van der Waals surface area contributed by atoms with Crippen molar-refractivity contribution in [2.75, 3.05) is 6.61 Å². The molecule has 13 heavy (non-hydrogen) atoms. The van der Waals surface area contributed by atoms with Crippen molar-refractivity contribution >= 4 is 22.6 Å². The molecular weight excluding hydrogens is 275 g/mol. The molecule has 0 radical (unpaired) electrons. The van der Waals surface area contributed by atoms with Crippen LogP contribution in [0.25, 0.3) is 0 Å². The minimum atomic E-state index is -0.00715. The minimum Gasteiger partial charge on any atom is -0.396 e. The summed E-state index contributed by atoms with van der Waals surface area (Å²) in [5.41, 5.74) is 1.28. The number of benzene rings is 1. The Morgan fingerprint density at radius 2 is 1.77 bits per heavy atom. The molecule has 1 aromatic carbocycles. The predicted molar refractivity (Wildman–Crippen MR) is 63.7 cm³/mol. The van der Waals surface area contributed by atoms with Crippen LogP contribution in [0.5, 0.6) is 0 Å². The molecule has 0 atom stereocenters. The van der Waals surface area contributed by atoms with Gasteiger partial charge in [0.1, 0.15) is 0 Å². The molecule has 2 heteroatoms. The van der Waals surface area contributed by atoms with Gasteiger partial charge in [-0.15, -0.1) is 0 Å². The molecule has 0 fully saturated rings. The van der Waals surface area contributed by atoms with E-state index in [-0.39, 0.29) is 12.0 Å². The second-order valence-electron chi connectivity index (χ2n) is 4.13. The molecular formula is C11H15IO. The van der Waals surface area contributed by atoms with Gasteiger partial charge in [-0.1, -0.05) is 26.0 Å². The molecule has 0 aliphatic carbocycles. The maximum absolute atomic E-state index is 9.11. The van der Waals surface area contributed by atoms with E-state index in [2.05, 4.69) is 60.7 Å². The smallest absolute Gasteiger partial charge is 0.0485 e. The van der Waals surface area contributed by atoms with Gasteiger partial charge in [-0.3, -0.25) is 0 Å². The Hall–Kier alpha value is -0.0900. The van der Waals surface area contributed by atoms with Crippen LogP contribution >= 0.6 is 22.6 Å². The highest BCUT2D eigenvalue weighted by atomic mass is 127. The van der Waals surface area contributed by atoms with Crippen LogP contribution in [0.4, 0.5) is 0 Å². The molecule has 72 valence electrons. The Bertz CT molecular complexity index is 264. The second kappa shape index (κ2) is 4.42. The van der Waals surface area contributed by atoms with E-state index in [1.54, 1.807) is 0 Å². The van der Waals surface area contributed by atoms with Crippen molar-refractivity contribution in [2.24, 2.45) is 5.41 Å². The van der Waals surface area contributed by atoms with E-state index in [1.807, 2.05) is 0 Å². The third-order valence-electron chi connectivity index (χ3n) is 2.02. The zero-order valence-corrected chi connectivity index (χ0v) is 10.2. The molecule has 0 bridgehead atoms. The van der Waals surface area contributed by atoms with E-state index >= 15 is 0 Å². The Kier molecular flexibility index (Phi) is 3.74. The summed E-state index contributed by atoms with van der Waals surface area (Å²) in [5.74, 6) is 0. The lowest BCUT2D eigenvalue weighted by Crippen LogP contribution is -2.19. The van der Waals surface area contributed by atoms with E-state index in [1.165, 1.54) is 9.13 Å². The van der Waals surface area contributed by atoms with Gasteiger partial charge in [-0.2, -0.15) is 0 Å². The molecule has 1 rings (SSSR count). The summed E-state index contributed by atoms with van der Waals surface area (Å²) in [5, 5.41) is 9.11. The van der Waals surface area contributed by atoms with Crippen LogP contribution in [0.2, 0.25) is 0 Å². The number of hydrogen-bond donors (Lipinski definition) is 1. The van der Waals surface area contributed by atoms with Gasteiger partial charge in [0.05, 0.1) is 0 Å². The topological polar surface area (TPSA) is 20.2 Å². The summed E-state index contributed by atoms with van der Waals surface area (Å²) >= 11 is 2.29. The average Bonchev–Trinajstić information content (AvgIpc) is 2.09. The summed E-state index contributed by atoms with van der Waals surface area (Å²) in [7, 11) is 0. The van der Waals surface area contributed by atoms with Gasteiger partial charge < -0.3 is 5.11 Å². The minimum absolute atomic E-state index is 0.00715. The predicted octanol–water partition coefficient (Wildman–Crippen LogP) is 2.85. The van der Waals surface area contributed by atoms with Crippen molar-refractivity contribution in [3.63, 3.8) is 0 Å². The first-order valence-corrected chi connectivity index (χ1v) is 5.47. The molecule has 0 heterocycles. The zero-order valence-electron chi connectivity index (χ0n) is 8.05. The van der Waals surface area contributed by atoms with Crippen molar-refractivity contribution in [2.45, 2.75) is 20.3 Å². The number of halogens is 1. The lowest BCUT2D eigenvalue weighted by atomic mass is 9.87. The highest BCUT2D eigenvalue weighted by molar-refractivity contribution is 14.1. The van der Waals surface area contributed by atoms with Gasteiger partial charge in [0.15, 0.2) is 0 Å². The van der Waals surface area contributed by atoms with Crippen LogP contribution in [-0.4, -0.2) is 11.7 Å². The van der Waals surface area contributed by atoms with Crippen molar-refractivity contribution in [3.8, 4) is 0 Å². The number of hydrogen-bond acceptors (Lipinski definition) is 1. The normalized spacial score (nSPS) is 11.7. The Morgan fingerprint density at radius 3 is 2.23 bits per heavy atom. The van der Waals surface area contributed by atoms with Crippen molar-refractivity contribution < 1.29 is 5.11 Å². The van der Waals surface area contributed by atoms with Crippen LogP contribution < -0.4 is 0 Å². The van der Waals surface area contributed by atoms with Crippen molar-refractivity contribution in [1.82, 2.24) is 0 Å². The van der Waals surface area contributed by atoms with E-state index in [4.69, 9.17) is 5.11 Å². The highest BCUT2D eigenvalue weighted by Gasteiger charge is 2.16. The van der Waals surface area contributed by atoms with E-state index in [0.717, 1.165) is 6.42 Å². The molecule has 0 saturated carbocycles. The van der Waals surface area contributed by atoms with Gasteiger partial charge in [0, 0.05) is 10.2 Å². The Morgan fingerprint density at radius 1 is 1.23 bits per heavy atom. The molecule has 1 N–H and O–H groups in total. The number of rotatable bonds is 3. The first kappa shape index (κ1) is 11.0. The molecule has 1 nitrogen and oxygen atoms in total. The maximum Gasteiger partial charge on any atom is 0.0485 e. The molecule has 0 aliphatic rings. The third-order valence-corrected chi connectivity index (χ3v) is 2.74. The SMILES string of the molecule is CC(C)(CO)Cc1ccc(I)cc1. The van der Waals surface area contributed by atoms with Crippen LogP contribution in [0, 0.1) is 8.99 Å². The van der Waals surface area contributed by atoms with Gasteiger partial charge in [0.2, 0.25) is 0 Å². The fourth-order valence-corrected chi connectivity index (χ4v) is 1.57. The van der Waals surface area contributed by atoms with E-state index in [9.17, 15) is 0 Å². The summed E-state index contributed by atoms with van der Waals surface area (Å²) in [6.07, 6.45) is 0.931. The maximum atomic E-state index is 9.11. The fraction of sp³-hybridized carbons (Fsp3) is 0.455. The van der Waals surface area contributed by atoms with Gasteiger partial charge in [0.25, 0.3) is 0 Å². The monoisotopic (exact) mass is 290 g/mol. The summed E-state index contributed by atoms with van der Waals surface area (Å²) < 4.78 is 1.25. The molecule has 0 aromatic heterocycles. The quantitative estimate of drug-likeness (QED) is 0.849. The first-order chi connectivity index (χ1) is 6.03. The van der Waals surface area contributed by atoms with E-state index in [0.29, 0.717) is 0 Å². The van der Waals surface area contributed by atoms with Crippen LogP contribution in [0.1, 0.15) is 19.4 Å². The third kappa shape index (κ3) is 3.65. The van der Waals surface area contributed by atoms with Crippen molar-refractivity contribution in [3.05, 3.63) is 33.4 Å². The van der Waals surface area contributed by atoms with Gasteiger partial charge in [-0.25, -0.2) is 0 Å². The average molecular weight is 290 g/mol. The molecule has 1 aromatic rings. The zero-order chi connectivity index (χ0) is 9.90. The largest absolute Gasteiger partial charge is 0.396 e. The number of aliphatic hydroxyl groups excluding tert-OH is 1. The summed E-state index contributed by atoms with van der Waals surface area (Å²) in [6.45, 7) is 4.38. The molecule has 0 saturated heterocycles. The fourth-order valence-electron chi connectivity index (χ4n) is 1.21. The summed E-state index contributed by atoms with van der Waals surface area (Å²) in [6, 6.07) is 8.45. The standard InChI is InChI=1S/C11H15IO/c1-11(2,8-13)7-9-3-5-10(12)6-4-9/h3-6,13H,7-8H2,1-2H3. The summed E-state index contributed by atoms with van der Waals surface area (Å²) in [4.78, 5) is 0. The van der Waals surface area contributed by atoms with Gasteiger partial charge >= 0.3 is 0 Å². The molecule has 0 unspecified atom stereocenters. The van der Waals surface area contributed by atoms with Gasteiger partial charge in [-0.05, 0) is 52.1 Å². The molecule has 0 aliphatic heterocycles. The van der Waals surface area contributed by atoms with E-state index < -0.39 is 0 Å². The van der Waals surface area contributed by atoms with Crippen LogP contribution in [-0.2, 0) is 6.42 Å². The molecule has 0 spiro atoms. The highest BCUT2D eigenvalue weighted by Crippen LogP contribution is 2.21. The molecule has 0 amide bonds. The lowest BCUT2D eigenvalue weighted by Gasteiger charge is -2.21. The Labute approximate surface area is 93.3 Å². The van der Waals surface area contributed by atoms with Crippen molar-refractivity contribution in [1.29, 1.82) is 0 Å². The second-order valence-corrected chi connectivity index (χ2v) is 5.37. The van der Waals surface area contributed by atoms with Crippen LogP contribution in [0.3, 0.4) is 0 Å². The Balaban J connectivity index is 2.69. The first-order valence-electron chi connectivity index (χ1n) is 4.39. The van der Waals surface area contributed by atoms with Crippen LogP contribution in [0.15, 0.2) is 24.3 Å². The lowest BCUT2D eigenvalue weighted by molar-refractivity contribution is 0.159.